The smallest absolute Gasteiger partial charge is 0.246 e. The van der Waals surface area contributed by atoms with Crippen molar-refractivity contribution in [3.05, 3.63) is 48.3 Å². The number of aromatic nitrogens is 3. The maximum Gasteiger partial charge on any atom is 0.246 e. The van der Waals surface area contributed by atoms with Gasteiger partial charge in [0.25, 0.3) is 0 Å². The lowest BCUT2D eigenvalue weighted by molar-refractivity contribution is -0.124. The van der Waals surface area contributed by atoms with Gasteiger partial charge < -0.3 is 14.6 Å². The van der Waals surface area contributed by atoms with E-state index in [1.54, 1.807) is 6.20 Å². The minimum atomic E-state index is -0.0986. The fraction of sp³-hybridized carbons (Fsp3) is 0.438. The molecule has 3 rings (SSSR count). The zero-order valence-corrected chi connectivity index (χ0v) is 13.2. The Labute approximate surface area is 135 Å². The topological polar surface area (TPSA) is 72.3 Å². The second kappa shape index (κ2) is 7.34. The van der Waals surface area contributed by atoms with Crippen LogP contribution in [0.1, 0.15) is 17.3 Å². The number of fused-ring (bicyclic) bond motifs is 1. The highest BCUT2D eigenvalue weighted by Crippen LogP contribution is 2.21. The molecule has 1 aliphatic heterocycles. The summed E-state index contributed by atoms with van der Waals surface area (Å²) in [5.41, 5.74) is 2.34. The molecule has 2 aromatic heterocycles. The van der Waals surface area contributed by atoms with Gasteiger partial charge in [-0.15, -0.1) is 0 Å². The third-order valence-electron chi connectivity index (χ3n) is 3.93. The molecule has 0 saturated heterocycles. The van der Waals surface area contributed by atoms with Gasteiger partial charge in [-0.25, -0.2) is 4.98 Å². The maximum atomic E-state index is 11.6. The Kier molecular flexibility index (Phi) is 4.99. The molecule has 1 aliphatic rings. The van der Waals surface area contributed by atoms with Crippen molar-refractivity contribution in [2.75, 3.05) is 26.8 Å². The van der Waals surface area contributed by atoms with Gasteiger partial charge in [-0.2, -0.15) is 0 Å². The van der Waals surface area contributed by atoms with Gasteiger partial charge in [-0.3, -0.25) is 14.7 Å². The van der Waals surface area contributed by atoms with Crippen molar-refractivity contribution < 1.29 is 9.53 Å². The molecule has 3 heterocycles. The standard InChI is InChI=1S/C16H21N5O2/c1-23-11-16(22)19-7-15-10-20(8-13-3-2-4-17-5-13)9-14-6-18-12-21(14)15/h2-6,12,15H,7-11H2,1H3,(H,19,22). The first-order valence-corrected chi connectivity index (χ1v) is 7.64. The van der Waals surface area contributed by atoms with E-state index in [0.717, 1.165) is 25.3 Å². The second-order valence-corrected chi connectivity index (χ2v) is 5.71. The SMILES string of the molecule is COCC(=O)NCC1CN(Cc2cccnc2)Cc2cncn21. The van der Waals surface area contributed by atoms with Crippen LogP contribution in [-0.2, 0) is 22.6 Å². The van der Waals surface area contributed by atoms with Crippen LogP contribution < -0.4 is 5.32 Å². The Morgan fingerprint density at radius 2 is 2.35 bits per heavy atom. The number of methoxy groups -OCH3 is 1. The highest BCUT2D eigenvalue weighted by molar-refractivity contribution is 5.77. The predicted octanol–water partition coefficient (Wildman–Crippen LogP) is 0.598. The van der Waals surface area contributed by atoms with Crippen LogP contribution >= 0.6 is 0 Å². The Bertz CT molecular complexity index is 643. The monoisotopic (exact) mass is 315 g/mol. The lowest BCUT2D eigenvalue weighted by Crippen LogP contribution is -2.42. The molecule has 7 heteroatoms. The normalized spacial score (nSPS) is 17.7. The summed E-state index contributed by atoms with van der Waals surface area (Å²) in [6.45, 7) is 3.18. The van der Waals surface area contributed by atoms with Gasteiger partial charge >= 0.3 is 0 Å². The molecule has 1 N–H and O–H groups in total. The van der Waals surface area contributed by atoms with Crippen LogP contribution in [0.2, 0.25) is 0 Å². The van der Waals surface area contributed by atoms with Gasteiger partial charge in [0.15, 0.2) is 0 Å². The molecule has 0 fully saturated rings. The van der Waals surface area contributed by atoms with Crippen molar-refractivity contribution >= 4 is 5.91 Å². The number of carbonyl (C=O) groups excluding carboxylic acids is 1. The summed E-state index contributed by atoms with van der Waals surface area (Å²) in [4.78, 5) is 22.4. The summed E-state index contributed by atoms with van der Waals surface area (Å²) < 4.78 is 7.00. The molecule has 0 aromatic carbocycles. The number of carbonyl (C=O) groups is 1. The van der Waals surface area contributed by atoms with Crippen LogP contribution in [0.3, 0.4) is 0 Å². The average Bonchev–Trinajstić information content (AvgIpc) is 3.02. The molecular weight excluding hydrogens is 294 g/mol. The Hall–Kier alpha value is -2.25. The second-order valence-electron chi connectivity index (χ2n) is 5.71. The van der Waals surface area contributed by atoms with E-state index in [0.29, 0.717) is 6.54 Å². The molecule has 1 unspecified atom stereocenters. The van der Waals surface area contributed by atoms with Crippen LogP contribution in [0, 0.1) is 0 Å². The van der Waals surface area contributed by atoms with E-state index in [1.165, 1.54) is 12.7 Å². The third kappa shape index (κ3) is 3.94. The number of ether oxygens (including phenoxy) is 1. The van der Waals surface area contributed by atoms with E-state index in [2.05, 4.69) is 30.8 Å². The van der Waals surface area contributed by atoms with Crippen LogP contribution in [-0.4, -0.2) is 52.1 Å². The molecular formula is C16H21N5O2. The van der Waals surface area contributed by atoms with Gasteiger partial charge in [0.1, 0.15) is 6.61 Å². The largest absolute Gasteiger partial charge is 0.375 e. The summed E-state index contributed by atoms with van der Waals surface area (Å²) in [6.07, 6.45) is 7.40. The van der Waals surface area contributed by atoms with E-state index >= 15 is 0 Å². The van der Waals surface area contributed by atoms with Crippen LogP contribution in [0.25, 0.3) is 0 Å². The lowest BCUT2D eigenvalue weighted by atomic mass is 10.1. The van der Waals surface area contributed by atoms with Gasteiger partial charge in [0.2, 0.25) is 5.91 Å². The van der Waals surface area contributed by atoms with Crippen molar-refractivity contribution in [2.24, 2.45) is 0 Å². The first kappa shape index (κ1) is 15.6. The van der Waals surface area contributed by atoms with Crippen molar-refractivity contribution in [3.8, 4) is 0 Å². The van der Waals surface area contributed by atoms with Gasteiger partial charge in [-0.1, -0.05) is 6.07 Å². The summed E-state index contributed by atoms with van der Waals surface area (Å²) in [7, 11) is 1.52. The number of amides is 1. The van der Waals surface area contributed by atoms with Crippen LogP contribution in [0.5, 0.6) is 0 Å². The summed E-state index contributed by atoms with van der Waals surface area (Å²) >= 11 is 0. The van der Waals surface area contributed by atoms with E-state index in [4.69, 9.17) is 4.74 Å². The van der Waals surface area contributed by atoms with E-state index < -0.39 is 0 Å². The Balaban J connectivity index is 1.66. The molecule has 1 amide bonds. The highest BCUT2D eigenvalue weighted by Gasteiger charge is 2.25. The minimum absolute atomic E-state index is 0.0862. The highest BCUT2D eigenvalue weighted by atomic mass is 16.5. The number of hydrogen-bond donors (Lipinski definition) is 1. The third-order valence-corrected chi connectivity index (χ3v) is 3.93. The molecule has 2 aromatic rings. The molecule has 7 nitrogen and oxygen atoms in total. The number of nitrogens with one attached hydrogen (secondary N) is 1. The molecule has 0 radical (unpaired) electrons. The Morgan fingerprint density at radius 1 is 1.43 bits per heavy atom. The summed E-state index contributed by atoms with van der Waals surface area (Å²) in [5.74, 6) is -0.0986. The van der Waals surface area contributed by atoms with Gasteiger partial charge in [-0.05, 0) is 11.6 Å². The molecule has 122 valence electrons. The Morgan fingerprint density at radius 3 is 3.13 bits per heavy atom. The van der Waals surface area contributed by atoms with E-state index in [1.807, 2.05) is 24.8 Å². The minimum Gasteiger partial charge on any atom is -0.375 e. The molecule has 0 spiro atoms. The fourth-order valence-electron chi connectivity index (χ4n) is 2.91. The first-order valence-electron chi connectivity index (χ1n) is 7.64. The van der Waals surface area contributed by atoms with E-state index in [-0.39, 0.29) is 18.6 Å². The van der Waals surface area contributed by atoms with E-state index in [9.17, 15) is 4.79 Å². The fourth-order valence-corrected chi connectivity index (χ4v) is 2.91. The summed E-state index contributed by atoms with van der Waals surface area (Å²) in [6, 6.07) is 4.19. The van der Waals surface area contributed by atoms with Crippen LogP contribution in [0.4, 0.5) is 0 Å². The maximum absolute atomic E-state index is 11.6. The number of imidazole rings is 1. The van der Waals surface area contributed by atoms with Crippen molar-refractivity contribution in [1.29, 1.82) is 0 Å². The summed E-state index contributed by atoms with van der Waals surface area (Å²) in [5, 5.41) is 2.92. The van der Waals surface area contributed by atoms with Crippen molar-refractivity contribution in [2.45, 2.75) is 19.1 Å². The number of hydrogen-bond acceptors (Lipinski definition) is 5. The molecule has 0 aliphatic carbocycles. The number of nitrogens with zero attached hydrogens (tertiary/aromatic N) is 4. The quantitative estimate of drug-likeness (QED) is 0.845. The zero-order chi connectivity index (χ0) is 16.1. The van der Waals surface area contributed by atoms with Crippen molar-refractivity contribution in [1.82, 2.24) is 24.8 Å². The van der Waals surface area contributed by atoms with Gasteiger partial charge in [0, 0.05) is 51.9 Å². The number of pyridine rings is 1. The first-order chi connectivity index (χ1) is 11.3. The lowest BCUT2D eigenvalue weighted by Gasteiger charge is -2.34. The zero-order valence-electron chi connectivity index (χ0n) is 13.2. The molecule has 23 heavy (non-hydrogen) atoms. The van der Waals surface area contributed by atoms with Crippen molar-refractivity contribution in [3.63, 3.8) is 0 Å². The van der Waals surface area contributed by atoms with Crippen LogP contribution in [0.15, 0.2) is 37.1 Å². The molecule has 1 atom stereocenters. The molecule has 0 bridgehead atoms. The predicted molar refractivity (Wildman–Crippen MR) is 84.5 cm³/mol. The van der Waals surface area contributed by atoms with Gasteiger partial charge in [0.05, 0.1) is 18.1 Å². The average molecular weight is 315 g/mol. The number of rotatable bonds is 6. The molecule has 0 saturated carbocycles.